The first-order chi connectivity index (χ1) is 15.4. The summed E-state index contributed by atoms with van der Waals surface area (Å²) in [5, 5.41) is 0. The summed E-state index contributed by atoms with van der Waals surface area (Å²) in [5.74, 6) is 0.816. The molecule has 0 aromatic rings. The summed E-state index contributed by atoms with van der Waals surface area (Å²) < 4.78 is 15.8. The van der Waals surface area contributed by atoms with Gasteiger partial charge >= 0.3 is 0 Å². The van der Waals surface area contributed by atoms with E-state index in [4.69, 9.17) is 14.2 Å². The highest BCUT2D eigenvalue weighted by molar-refractivity contribution is 5.38. The van der Waals surface area contributed by atoms with Gasteiger partial charge in [-0.2, -0.15) is 0 Å². The van der Waals surface area contributed by atoms with Crippen LogP contribution in [0.3, 0.4) is 0 Å². The van der Waals surface area contributed by atoms with Crippen molar-refractivity contribution in [1.82, 2.24) is 0 Å². The quantitative estimate of drug-likeness (QED) is 0.197. The molecule has 3 aliphatic carbocycles. The first-order valence-electron chi connectivity index (χ1n) is 11.9. The van der Waals surface area contributed by atoms with Gasteiger partial charge in [-0.15, -0.1) is 0 Å². The standard InChI is InChI=1S/C26H38O6/c1-4-8-24(2)9-7-22-20(14-24)5-6-23-25(22,3)15-21(32-19-29)16-26(23,10-12-30-17-27)11-13-31-18-28/h4,8,14,17-19,21-23H,5-7,9-13,15-16H2,1-3H3/b8-4+/t21-,22?,23-,24-,25-/m0/s1. The number of rotatable bonds is 11. The van der Waals surface area contributed by atoms with Crippen LogP contribution in [0.2, 0.25) is 0 Å². The van der Waals surface area contributed by atoms with Crippen LogP contribution in [-0.4, -0.2) is 38.7 Å². The van der Waals surface area contributed by atoms with Gasteiger partial charge in [-0.1, -0.05) is 37.6 Å². The fourth-order valence-corrected chi connectivity index (χ4v) is 7.55. The minimum absolute atomic E-state index is 0.0321. The summed E-state index contributed by atoms with van der Waals surface area (Å²) in [6.07, 6.45) is 14.0. The van der Waals surface area contributed by atoms with Gasteiger partial charge in [-0.25, -0.2) is 0 Å². The van der Waals surface area contributed by atoms with E-state index in [1.807, 2.05) is 0 Å². The van der Waals surface area contributed by atoms with Crippen LogP contribution in [0, 0.1) is 28.1 Å². The van der Waals surface area contributed by atoms with E-state index in [1.165, 1.54) is 5.57 Å². The lowest BCUT2D eigenvalue weighted by atomic mass is 9.43. The molecule has 0 aliphatic heterocycles. The number of fused-ring (bicyclic) bond motifs is 3. The molecule has 5 atom stereocenters. The highest BCUT2D eigenvalue weighted by Gasteiger charge is 2.59. The molecule has 1 unspecified atom stereocenters. The topological polar surface area (TPSA) is 78.9 Å². The summed E-state index contributed by atoms with van der Waals surface area (Å²) >= 11 is 0. The summed E-state index contributed by atoms with van der Waals surface area (Å²) in [4.78, 5) is 33.0. The van der Waals surface area contributed by atoms with E-state index in [2.05, 4.69) is 39.0 Å². The molecule has 0 heterocycles. The monoisotopic (exact) mass is 446 g/mol. The average molecular weight is 447 g/mol. The van der Waals surface area contributed by atoms with E-state index < -0.39 is 0 Å². The molecule has 0 spiro atoms. The van der Waals surface area contributed by atoms with Gasteiger partial charge in [0.1, 0.15) is 6.10 Å². The molecular weight excluding hydrogens is 408 g/mol. The Balaban J connectivity index is 1.99. The molecular formula is C26H38O6. The van der Waals surface area contributed by atoms with E-state index in [9.17, 15) is 14.4 Å². The molecule has 0 N–H and O–H groups in total. The highest BCUT2D eigenvalue weighted by atomic mass is 16.5. The minimum Gasteiger partial charge on any atom is -0.468 e. The first kappa shape index (κ1) is 24.5. The SMILES string of the molecule is C/C=C/[C@]1(C)C=C2CC[C@@H]3C(CCOC=O)(CCOC=O)C[C@@H](OC=O)C[C@@]3(C)C2CC1. The predicted molar refractivity (Wildman–Crippen MR) is 120 cm³/mol. The van der Waals surface area contributed by atoms with Gasteiger partial charge in [-0.3, -0.25) is 14.4 Å². The number of hydrogen-bond donors (Lipinski definition) is 0. The fourth-order valence-electron chi connectivity index (χ4n) is 7.55. The Morgan fingerprint density at radius 2 is 1.69 bits per heavy atom. The third-order valence-corrected chi connectivity index (χ3v) is 8.66. The lowest BCUT2D eigenvalue weighted by Crippen LogP contribution is -2.56. The van der Waals surface area contributed by atoms with Crippen molar-refractivity contribution in [3.05, 3.63) is 23.8 Å². The highest BCUT2D eigenvalue weighted by Crippen LogP contribution is 2.66. The molecule has 2 saturated carbocycles. The Labute approximate surface area is 191 Å². The fraction of sp³-hybridized carbons (Fsp3) is 0.731. The van der Waals surface area contributed by atoms with Crippen molar-refractivity contribution in [1.29, 1.82) is 0 Å². The maximum absolute atomic E-state index is 11.3. The summed E-state index contributed by atoms with van der Waals surface area (Å²) in [6, 6.07) is 0. The maximum atomic E-state index is 11.3. The Morgan fingerprint density at radius 3 is 2.28 bits per heavy atom. The Hall–Kier alpha value is -2.11. The summed E-state index contributed by atoms with van der Waals surface area (Å²) in [6.45, 7) is 8.92. The van der Waals surface area contributed by atoms with Gasteiger partial charge in [0.05, 0.1) is 13.2 Å². The molecule has 6 heteroatoms. The predicted octanol–water partition coefficient (Wildman–Crippen LogP) is 4.77. The van der Waals surface area contributed by atoms with Crippen molar-refractivity contribution in [3.8, 4) is 0 Å². The molecule has 32 heavy (non-hydrogen) atoms. The third kappa shape index (κ3) is 4.79. The van der Waals surface area contributed by atoms with Crippen molar-refractivity contribution in [2.75, 3.05) is 13.2 Å². The average Bonchev–Trinajstić information content (AvgIpc) is 2.73. The lowest BCUT2D eigenvalue weighted by molar-refractivity contribution is -0.164. The number of carbonyl (C=O) groups excluding carboxylic acids is 3. The zero-order valence-electron chi connectivity index (χ0n) is 19.7. The number of hydrogen-bond acceptors (Lipinski definition) is 6. The molecule has 0 radical (unpaired) electrons. The van der Waals surface area contributed by atoms with Crippen LogP contribution in [-0.2, 0) is 28.6 Å². The normalized spacial score (nSPS) is 35.7. The van der Waals surface area contributed by atoms with Gasteiger partial charge in [0, 0.05) is 5.41 Å². The maximum Gasteiger partial charge on any atom is 0.293 e. The molecule has 0 aromatic carbocycles. The van der Waals surface area contributed by atoms with Crippen LogP contribution in [0.5, 0.6) is 0 Å². The van der Waals surface area contributed by atoms with Crippen LogP contribution in [0.4, 0.5) is 0 Å². The Morgan fingerprint density at radius 1 is 1.00 bits per heavy atom. The second-order valence-electron chi connectivity index (χ2n) is 10.5. The summed E-state index contributed by atoms with van der Waals surface area (Å²) in [7, 11) is 0. The van der Waals surface area contributed by atoms with Gasteiger partial charge in [0.2, 0.25) is 0 Å². The van der Waals surface area contributed by atoms with Crippen molar-refractivity contribution < 1.29 is 28.6 Å². The van der Waals surface area contributed by atoms with Crippen LogP contribution < -0.4 is 0 Å². The van der Waals surface area contributed by atoms with E-state index in [1.54, 1.807) is 0 Å². The molecule has 0 bridgehead atoms. The third-order valence-electron chi connectivity index (χ3n) is 8.66. The first-order valence-corrected chi connectivity index (χ1v) is 11.9. The van der Waals surface area contributed by atoms with Crippen molar-refractivity contribution >= 4 is 19.4 Å². The number of allylic oxidation sites excluding steroid dienone is 4. The van der Waals surface area contributed by atoms with E-state index >= 15 is 0 Å². The van der Waals surface area contributed by atoms with E-state index in [0.717, 1.165) is 32.1 Å². The second-order valence-corrected chi connectivity index (χ2v) is 10.5. The van der Waals surface area contributed by atoms with Gasteiger partial charge < -0.3 is 14.2 Å². The lowest BCUT2D eigenvalue weighted by Gasteiger charge is -2.62. The van der Waals surface area contributed by atoms with Gasteiger partial charge in [0.15, 0.2) is 0 Å². The zero-order chi connectivity index (χ0) is 23.2. The van der Waals surface area contributed by atoms with Gasteiger partial charge in [0.25, 0.3) is 19.4 Å². The summed E-state index contributed by atoms with van der Waals surface area (Å²) in [5.41, 5.74) is 1.38. The Kier molecular flexibility index (Phi) is 7.84. The molecule has 6 nitrogen and oxygen atoms in total. The molecule has 3 aliphatic rings. The molecule has 0 saturated heterocycles. The number of ether oxygens (including phenoxy) is 3. The largest absolute Gasteiger partial charge is 0.468 e. The molecule has 178 valence electrons. The van der Waals surface area contributed by atoms with E-state index in [0.29, 0.717) is 63.7 Å². The van der Waals surface area contributed by atoms with Crippen LogP contribution >= 0.6 is 0 Å². The van der Waals surface area contributed by atoms with Crippen LogP contribution in [0.25, 0.3) is 0 Å². The van der Waals surface area contributed by atoms with Gasteiger partial charge in [-0.05, 0) is 81.0 Å². The van der Waals surface area contributed by atoms with Crippen molar-refractivity contribution in [2.24, 2.45) is 28.1 Å². The van der Waals surface area contributed by atoms with Crippen molar-refractivity contribution in [2.45, 2.75) is 78.2 Å². The molecule has 3 rings (SSSR count). The van der Waals surface area contributed by atoms with E-state index in [-0.39, 0.29) is 22.3 Å². The molecule has 0 amide bonds. The molecule has 2 fully saturated rings. The minimum atomic E-state index is -0.220. The second kappa shape index (κ2) is 10.2. The molecule has 0 aromatic heterocycles. The van der Waals surface area contributed by atoms with Crippen LogP contribution in [0.15, 0.2) is 23.8 Å². The van der Waals surface area contributed by atoms with Crippen LogP contribution in [0.1, 0.15) is 72.1 Å². The number of carbonyl (C=O) groups is 3. The van der Waals surface area contributed by atoms with Crippen molar-refractivity contribution in [3.63, 3.8) is 0 Å². The smallest absolute Gasteiger partial charge is 0.293 e. The Bertz CT molecular complexity index is 729. The zero-order valence-corrected chi connectivity index (χ0v) is 19.7.